The van der Waals surface area contributed by atoms with Crippen LogP contribution in [0.25, 0.3) is 0 Å². The van der Waals surface area contributed by atoms with E-state index in [1.807, 2.05) is 6.92 Å². The van der Waals surface area contributed by atoms with Gasteiger partial charge >= 0.3 is 6.03 Å². The third kappa shape index (κ3) is 6.01. The number of urea groups is 1. The number of carbonyl (C=O) groups is 2. The molecular weight excluding hydrogens is 323 g/mol. The molecule has 6 nitrogen and oxygen atoms in total. The minimum atomic E-state index is -0.437. The largest absolute Gasteiger partial charge is 0.341 e. The first-order valence-electron chi connectivity index (χ1n) is 8.84. The normalized spacial score (nSPS) is 18.5. The average molecular weight is 350 g/mol. The topological polar surface area (TPSA) is 87.5 Å². The van der Waals surface area contributed by atoms with Crippen molar-refractivity contribution in [3.05, 3.63) is 30.1 Å². The number of carbonyl (C=O) groups excluding carboxylic acids is 2. The number of benzene rings is 1. The lowest BCUT2D eigenvalue weighted by Gasteiger charge is -2.34. The van der Waals surface area contributed by atoms with Gasteiger partial charge in [-0.2, -0.15) is 0 Å². The molecule has 1 fully saturated rings. The molecule has 7 heteroatoms. The van der Waals surface area contributed by atoms with Crippen molar-refractivity contribution >= 4 is 17.6 Å². The number of nitrogens with one attached hydrogen (secondary N) is 2. The van der Waals surface area contributed by atoms with Gasteiger partial charge in [0.05, 0.1) is 6.04 Å². The number of hydrogen-bond donors (Lipinski definition) is 3. The number of halogens is 1. The van der Waals surface area contributed by atoms with Crippen LogP contribution in [0.1, 0.15) is 32.6 Å². The number of amides is 3. The van der Waals surface area contributed by atoms with E-state index in [2.05, 4.69) is 10.6 Å². The number of nitrogens with two attached hydrogens (primary N) is 1. The molecule has 0 saturated carbocycles. The summed E-state index contributed by atoms with van der Waals surface area (Å²) < 4.78 is 13.1. The molecule has 3 amide bonds. The van der Waals surface area contributed by atoms with Gasteiger partial charge in [-0.25, -0.2) is 9.18 Å². The summed E-state index contributed by atoms with van der Waals surface area (Å²) in [5, 5.41) is 5.39. The molecule has 1 aliphatic rings. The number of piperidine rings is 1. The van der Waals surface area contributed by atoms with Crippen molar-refractivity contribution in [1.29, 1.82) is 0 Å². The molecule has 1 aromatic carbocycles. The maximum Gasteiger partial charge on any atom is 0.319 e. The number of nitrogens with zero attached hydrogens (tertiary/aromatic N) is 1. The van der Waals surface area contributed by atoms with Crippen molar-refractivity contribution < 1.29 is 14.0 Å². The highest BCUT2D eigenvalue weighted by Gasteiger charge is 2.26. The maximum atomic E-state index is 13.1. The van der Waals surface area contributed by atoms with Gasteiger partial charge in [-0.05, 0) is 43.4 Å². The fraction of sp³-hybridized carbons (Fsp3) is 0.556. The molecule has 2 rings (SSSR count). The van der Waals surface area contributed by atoms with E-state index in [1.54, 1.807) is 11.0 Å². The Hall–Kier alpha value is -2.15. The predicted molar refractivity (Wildman–Crippen MR) is 95.6 cm³/mol. The van der Waals surface area contributed by atoms with Gasteiger partial charge in [0.2, 0.25) is 5.91 Å². The third-order valence-electron chi connectivity index (χ3n) is 4.38. The lowest BCUT2D eigenvalue weighted by Crippen LogP contribution is -2.49. The highest BCUT2D eigenvalue weighted by Crippen LogP contribution is 2.17. The summed E-state index contributed by atoms with van der Waals surface area (Å²) in [5.41, 5.74) is 6.33. The second-order valence-corrected chi connectivity index (χ2v) is 6.53. The summed E-state index contributed by atoms with van der Waals surface area (Å²) in [6.45, 7) is 3.81. The van der Waals surface area contributed by atoms with Crippen LogP contribution in [-0.2, 0) is 4.79 Å². The van der Waals surface area contributed by atoms with E-state index in [0.717, 1.165) is 25.8 Å². The fourth-order valence-electron chi connectivity index (χ4n) is 3.08. The smallest absolute Gasteiger partial charge is 0.319 e. The van der Waals surface area contributed by atoms with Gasteiger partial charge in [-0.3, -0.25) is 4.79 Å². The molecule has 0 bridgehead atoms. The minimum absolute atomic E-state index is 0.00392. The molecule has 1 saturated heterocycles. The van der Waals surface area contributed by atoms with Crippen LogP contribution in [0.15, 0.2) is 24.3 Å². The van der Waals surface area contributed by atoms with Gasteiger partial charge in [0, 0.05) is 25.3 Å². The average Bonchev–Trinajstić information content (AvgIpc) is 2.60. The zero-order valence-corrected chi connectivity index (χ0v) is 14.6. The molecule has 1 heterocycles. The first-order valence-corrected chi connectivity index (χ1v) is 8.84. The fourth-order valence-corrected chi connectivity index (χ4v) is 3.08. The lowest BCUT2D eigenvalue weighted by molar-refractivity contribution is -0.134. The Balaban J connectivity index is 1.78. The highest BCUT2D eigenvalue weighted by atomic mass is 19.1. The van der Waals surface area contributed by atoms with Crippen molar-refractivity contribution in [1.82, 2.24) is 10.2 Å². The van der Waals surface area contributed by atoms with Gasteiger partial charge in [-0.1, -0.05) is 19.4 Å². The molecule has 25 heavy (non-hydrogen) atoms. The van der Waals surface area contributed by atoms with Crippen LogP contribution in [-0.4, -0.2) is 42.5 Å². The molecule has 0 aliphatic carbocycles. The van der Waals surface area contributed by atoms with E-state index < -0.39 is 11.9 Å². The summed E-state index contributed by atoms with van der Waals surface area (Å²) in [7, 11) is 0. The Bertz CT molecular complexity index is 596. The second-order valence-electron chi connectivity index (χ2n) is 6.53. The van der Waals surface area contributed by atoms with Crippen molar-refractivity contribution in [2.45, 2.75) is 38.6 Å². The predicted octanol–water partition coefficient (Wildman–Crippen LogP) is 2.31. The standard InChI is InChI=1S/C18H27FN4O2/c1-2-5-16(20)17(24)23-9-4-6-13(12-23)11-21-18(25)22-15-8-3-7-14(19)10-15/h3,7-8,10,13,16H,2,4-6,9,11-12,20H2,1H3,(H2,21,22,25). The maximum absolute atomic E-state index is 13.1. The number of rotatable bonds is 6. The first-order chi connectivity index (χ1) is 12.0. The second kappa shape index (κ2) is 9.36. The zero-order valence-electron chi connectivity index (χ0n) is 14.6. The summed E-state index contributed by atoms with van der Waals surface area (Å²) >= 11 is 0. The Morgan fingerprint density at radius 1 is 1.44 bits per heavy atom. The van der Waals surface area contributed by atoms with Gasteiger partial charge < -0.3 is 21.3 Å². The summed E-state index contributed by atoms with van der Waals surface area (Å²) in [4.78, 5) is 26.0. The molecule has 0 aromatic heterocycles. The molecule has 2 unspecified atom stereocenters. The van der Waals surface area contributed by atoms with Gasteiger partial charge in [0.15, 0.2) is 0 Å². The first kappa shape index (κ1) is 19.2. The van der Waals surface area contributed by atoms with Crippen LogP contribution >= 0.6 is 0 Å². The van der Waals surface area contributed by atoms with Gasteiger partial charge in [0.25, 0.3) is 0 Å². The quantitative estimate of drug-likeness (QED) is 0.736. The molecule has 1 aromatic rings. The SMILES string of the molecule is CCCC(N)C(=O)N1CCCC(CNC(=O)Nc2cccc(F)c2)C1. The van der Waals surface area contributed by atoms with Crippen LogP contribution in [0.3, 0.4) is 0 Å². The van der Waals surface area contributed by atoms with Crippen LogP contribution < -0.4 is 16.4 Å². The summed E-state index contributed by atoms with van der Waals surface area (Å²) in [6, 6.07) is 4.92. The van der Waals surface area contributed by atoms with Crippen LogP contribution in [0.4, 0.5) is 14.9 Å². The molecule has 138 valence electrons. The Kier molecular flexibility index (Phi) is 7.18. The Morgan fingerprint density at radius 2 is 2.24 bits per heavy atom. The third-order valence-corrected chi connectivity index (χ3v) is 4.38. The van der Waals surface area contributed by atoms with Crippen molar-refractivity contribution in [2.24, 2.45) is 11.7 Å². The van der Waals surface area contributed by atoms with E-state index in [-0.39, 0.29) is 17.9 Å². The van der Waals surface area contributed by atoms with E-state index in [0.29, 0.717) is 25.2 Å². The van der Waals surface area contributed by atoms with E-state index >= 15 is 0 Å². The zero-order chi connectivity index (χ0) is 18.2. The molecule has 0 radical (unpaired) electrons. The van der Waals surface area contributed by atoms with E-state index in [9.17, 15) is 14.0 Å². The van der Waals surface area contributed by atoms with Crippen LogP contribution in [0, 0.1) is 11.7 Å². The molecule has 4 N–H and O–H groups in total. The lowest BCUT2D eigenvalue weighted by atomic mass is 9.97. The van der Waals surface area contributed by atoms with E-state index in [4.69, 9.17) is 5.73 Å². The number of hydrogen-bond acceptors (Lipinski definition) is 3. The number of anilines is 1. The van der Waals surface area contributed by atoms with E-state index in [1.165, 1.54) is 18.2 Å². The highest BCUT2D eigenvalue weighted by molar-refractivity contribution is 5.89. The summed E-state index contributed by atoms with van der Waals surface area (Å²) in [5.74, 6) is -0.205. The molecule has 1 aliphatic heterocycles. The minimum Gasteiger partial charge on any atom is -0.341 e. The van der Waals surface area contributed by atoms with Crippen LogP contribution in [0.5, 0.6) is 0 Å². The number of likely N-dealkylation sites (tertiary alicyclic amines) is 1. The van der Waals surface area contributed by atoms with Crippen molar-refractivity contribution in [3.63, 3.8) is 0 Å². The van der Waals surface area contributed by atoms with Crippen molar-refractivity contribution in [2.75, 3.05) is 25.0 Å². The monoisotopic (exact) mass is 350 g/mol. The molecule has 2 atom stereocenters. The van der Waals surface area contributed by atoms with Gasteiger partial charge in [-0.15, -0.1) is 0 Å². The molecule has 0 spiro atoms. The van der Waals surface area contributed by atoms with Crippen molar-refractivity contribution in [3.8, 4) is 0 Å². The Morgan fingerprint density at radius 3 is 2.96 bits per heavy atom. The molecular formula is C18H27FN4O2. The van der Waals surface area contributed by atoms with Gasteiger partial charge in [0.1, 0.15) is 5.82 Å². The summed E-state index contributed by atoms with van der Waals surface area (Å²) in [6.07, 6.45) is 3.43. The Labute approximate surface area is 147 Å². The van der Waals surface area contributed by atoms with Crippen LogP contribution in [0.2, 0.25) is 0 Å².